The van der Waals surface area contributed by atoms with Gasteiger partial charge in [0.05, 0.1) is 24.1 Å². The lowest BCUT2D eigenvalue weighted by Gasteiger charge is -2.21. The van der Waals surface area contributed by atoms with E-state index < -0.39 is 23.8 Å². The van der Waals surface area contributed by atoms with E-state index in [9.17, 15) is 19.4 Å². The van der Waals surface area contributed by atoms with Crippen LogP contribution in [-0.2, 0) is 16.0 Å². The van der Waals surface area contributed by atoms with Gasteiger partial charge in [-0.05, 0) is 57.4 Å². The van der Waals surface area contributed by atoms with Crippen LogP contribution in [0.25, 0.3) is 28.1 Å². The van der Waals surface area contributed by atoms with Crippen LogP contribution in [0.1, 0.15) is 51.3 Å². The lowest BCUT2D eigenvalue weighted by molar-refractivity contribution is -0.157. The maximum absolute atomic E-state index is 13.7. The van der Waals surface area contributed by atoms with E-state index in [-0.39, 0.29) is 18.7 Å². The van der Waals surface area contributed by atoms with Crippen molar-refractivity contribution < 1.29 is 24.1 Å². The van der Waals surface area contributed by atoms with Gasteiger partial charge in [0.1, 0.15) is 11.4 Å². The third-order valence-electron chi connectivity index (χ3n) is 5.51. The van der Waals surface area contributed by atoms with E-state index in [4.69, 9.17) is 21.3 Å². The Morgan fingerprint density at radius 3 is 2.50 bits per heavy atom. The molecule has 0 aliphatic heterocycles. The van der Waals surface area contributed by atoms with Gasteiger partial charge < -0.3 is 14.9 Å². The van der Waals surface area contributed by atoms with Gasteiger partial charge in [-0.25, -0.2) is 4.39 Å². The van der Waals surface area contributed by atoms with Crippen LogP contribution >= 0.6 is 11.6 Å². The number of para-hydroxylation sites is 1. The highest BCUT2D eigenvalue weighted by molar-refractivity contribution is 6.17. The van der Waals surface area contributed by atoms with Gasteiger partial charge in [-0.3, -0.25) is 9.78 Å². The summed E-state index contributed by atoms with van der Waals surface area (Å²) >= 11 is 5.97. The van der Waals surface area contributed by atoms with Gasteiger partial charge >= 0.3 is 5.97 Å². The summed E-state index contributed by atoms with van der Waals surface area (Å²) < 4.78 is 18.9. The fourth-order valence-electron chi connectivity index (χ4n) is 4.03. The molecule has 0 saturated carbocycles. The fourth-order valence-corrected chi connectivity index (χ4v) is 4.17. The Balaban J connectivity index is 1.95. The molecule has 0 spiro atoms. The number of rotatable bonds is 10. The highest BCUT2D eigenvalue weighted by Crippen LogP contribution is 2.35. The van der Waals surface area contributed by atoms with Crippen LogP contribution in [0.5, 0.6) is 0 Å². The van der Waals surface area contributed by atoms with Gasteiger partial charge in [0.15, 0.2) is 0 Å². The summed E-state index contributed by atoms with van der Waals surface area (Å²) in [7, 11) is 0. The van der Waals surface area contributed by atoms with Crippen molar-refractivity contribution in [3.63, 3.8) is 0 Å². The number of carbonyl (C=O) groups excluding carboxylic acids is 1. The number of hydrogen-bond acceptors (Lipinski definition) is 5. The number of ether oxygens (including phenoxy) is 1. The number of hydrogen-bond donors (Lipinski definition) is 2. The maximum Gasteiger partial charge on any atom is 0.308 e. The molecule has 2 atom stereocenters. The Labute approximate surface area is 216 Å². The minimum Gasteiger partial charge on any atom is -0.460 e. The number of aliphatic hydroxyl groups is 2. The average molecular weight is 514 g/mol. The Morgan fingerprint density at radius 2 is 1.83 bits per heavy atom. The zero-order valence-corrected chi connectivity index (χ0v) is 21.6. The molecule has 3 rings (SSSR count). The molecule has 1 heterocycles. The monoisotopic (exact) mass is 513 g/mol. The Kier molecular flexibility index (Phi) is 9.60. The largest absolute Gasteiger partial charge is 0.460 e. The van der Waals surface area contributed by atoms with Gasteiger partial charge in [-0.15, -0.1) is 11.6 Å². The minimum atomic E-state index is -1.05. The predicted octanol–water partition coefficient (Wildman–Crippen LogP) is 6.07. The predicted molar refractivity (Wildman–Crippen MR) is 142 cm³/mol. The summed E-state index contributed by atoms with van der Waals surface area (Å²) in [5.74, 6) is -0.374. The van der Waals surface area contributed by atoms with Crippen LogP contribution in [0, 0.1) is 5.82 Å². The van der Waals surface area contributed by atoms with Crippen molar-refractivity contribution in [2.75, 3.05) is 5.88 Å². The highest BCUT2D eigenvalue weighted by atomic mass is 35.5. The second-order valence-corrected chi connectivity index (χ2v) is 10.1. The van der Waals surface area contributed by atoms with Crippen molar-refractivity contribution in [2.24, 2.45) is 0 Å². The van der Waals surface area contributed by atoms with Crippen LogP contribution in [0.3, 0.4) is 0 Å². The van der Waals surface area contributed by atoms with Crippen molar-refractivity contribution in [1.29, 1.82) is 0 Å². The first-order valence-electron chi connectivity index (χ1n) is 12.1. The van der Waals surface area contributed by atoms with Crippen LogP contribution in [0.4, 0.5) is 4.39 Å². The number of aromatic nitrogens is 1. The zero-order valence-electron chi connectivity index (χ0n) is 20.9. The van der Waals surface area contributed by atoms with E-state index in [0.717, 1.165) is 33.3 Å². The number of alkyl halides is 1. The van der Waals surface area contributed by atoms with E-state index in [0.29, 0.717) is 18.7 Å². The van der Waals surface area contributed by atoms with Gasteiger partial charge in [-0.1, -0.05) is 42.5 Å². The SMILES string of the molecule is CC(C)(C)OC(=O)C[C@H](O)C[C@H](O)/C=C/c1c(CCCCl)nc2ccccc2c1-c1ccc(F)cc1. The van der Waals surface area contributed by atoms with Gasteiger partial charge in [-0.2, -0.15) is 0 Å². The molecule has 0 saturated heterocycles. The van der Waals surface area contributed by atoms with Crippen LogP contribution in [0.2, 0.25) is 0 Å². The Hall–Kier alpha value is -2.80. The number of nitrogens with zero attached hydrogens (tertiary/aromatic N) is 1. The van der Waals surface area contributed by atoms with E-state index in [1.165, 1.54) is 12.1 Å². The standard InChI is InChI=1S/C29H33ClFNO4/c1-29(2,3)36-27(35)18-22(34)17-21(33)14-15-24-26(9-6-16-30)32-25-8-5-4-7-23(25)28(24)19-10-12-20(31)13-11-19/h4-5,7-8,10-15,21-22,33-34H,6,9,16-18H2,1-3H3/b15-14+/t21-,22-/m1/s1. The summed E-state index contributed by atoms with van der Waals surface area (Å²) in [6.45, 7) is 5.27. The van der Waals surface area contributed by atoms with Crippen molar-refractivity contribution in [3.8, 4) is 11.1 Å². The fraction of sp³-hybridized carbons (Fsp3) is 0.379. The van der Waals surface area contributed by atoms with E-state index in [2.05, 4.69) is 0 Å². The molecule has 192 valence electrons. The van der Waals surface area contributed by atoms with Crippen LogP contribution < -0.4 is 0 Å². The summed E-state index contributed by atoms with van der Waals surface area (Å²) in [5, 5.41) is 21.8. The molecule has 0 amide bonds. The highest BCUT2D eigenvalue weighted by Gasteiger charge is 2.21. The van der Waals surface area contributed by atoms with Crippen molar-refractivity contribution in [1.82, 2.24) is 4.98 Å². The summed E-state index contributed by atoms with van der Waals surface area (Å²) in [5.41, 5.74) is 3.47. The lowest BCUT2D eigenvalue weighted by Crippen LogP contribution is -2.27. The molecule has 0 radical (unpaired) electrons. The molecule has 7 heteroatoms. The number of halogens is 2. The molecule has 0 aliphatic rings. The smallest absolute Gasteiger partial charge is 0.308 e. The van der Waals surface area contributed by atoms with E-state index in [1.807, 2.05) is 24.3 Å². The number of carbonyl (C=O) groups is 1. The molecule has 36 heavy (non-hydrogen) atoms. The van der Waals surface area contributed by atoms with Crippen molar-refractivity contribution in [3.05, 3.63) is 71.7 Å². The molecule has 5 nitrogen and oxygen atoms in total. The first-order valence-corrected chi connectivity index (χ1v) is 12.6. The van der Waals surface area contributed by atoms with Crippen molar-refractivity contribution >= 4 is 34.5 Å². The molecule has 0 bridgehead atoms. The van der Waals surface area contributed by atoms with E-state index >= 15 is 0 Å². The van der Waals surface area contributed by atoms with Crippen LogP contribution in [0.15, 0.2) is 54.6 Å². The molecule has 0 aliphatic carbocycles. The average Bonchev–Trinajstić information content (AvgIpc) is 2.80. The summed E-state index contributed by atoms with van der Waals surface area (Å²) in [6.07, 6.45) is 2.42. The zero-order chi connectivity index (χ0) is 26.3. The number of esters is 1. The number of fused-ring (bicyclic) bond motifs is 1. The topological polar surface area (TPSA) is 79.7 Å². The normalized spacial score (nSPS) is 13.8. The minimum absolute atomic E-state index is 0.0281. The molecule has 0 unspecified atom stereocenters. The first kappa shape index (κ1) is 27.8. The van der Waals surface area contributed by atoms with Gasteiger partial charge in [0.25, 0.3) is 0 Å². The molecule has 1 aromatic heterocycles. The number of aryl methyl sites for hydroxylation is 1. The van der Waals surface area contributed by atoms with Gasteiger partial charge in [0.2, 0.25) is 0 Å². The van der Waals surface area contributed by atoms with Crippen molar-refractivity contribution in [2.45, 2.75) is 64.3 Å². The maximum atomic E-state index is 13.7. The molecule has 0 fully saturated rings. The molecule has 2 aromatic carbocycles. The second-order valence-electron chi connectivity index (χ2n) is 9.77. The Morgan fingerprint density at radius 1 is 1.14 bits per heavy atom. The first-order chi connectivity index (χ1) is 17.1. The molecule has 3 aromatic rings. The quantitative estimate of drug-likeness (QED) is 0.254. The second kappa shape index (κ2) is 12.4. The third kappa shape index (κ3) is 7.85. The third-order valence-corrected chi connectivity index (χ3v) is 5.78. The number of pyridine rings is 1. The Bertz CT molecular complexity index is 1200. The molecular formula is C29H33ClFNO4. The van der Waals surface area contributed by atoms with Crippen LogP contribution in [-0.4, -0.2) is 44.9 Å². The van der Waals surface area contributed by atoms with E-state index in [1.54, 1.807) is 45.1 Å². The molecular weight excluding hydrogens is 481 g/mol. The summed E-state index contributed by atoms with van der Waals surface area (Å²) in [6, 6.07) is 14.0. The lowest BCUT2D eigenvalue weighted by atomic mass is 9.92. The number of benzene rings is 2. The number of aliphatic hydroxyl groups excluding tert-OH is 2. The van der Waals surface area contributed by atoms with Gasteiger partial charge in [0, 0.05) is 34.5 Å². The summed E-state index contributed by atoms with van der Waals surface area (Å²) in [4.78, 5) is 16.8. The molecule has 2 N–H and O–H groups in total.